The largest absolute Gasteiger partial charge is 0.461 e. The maximum Gasteiger partial charge on any atom is 0.231 e. The van der Waals surface area contributed by atoms with Crippen molar-refractivity contribution in [2.75, 3.05) is 0 Å². The van der Waals surface area contributed by atoms with Gasteiger partial charge in [0.2, 0.25) is 11.6 Å². The van der Waals surface area contributed by atoms with Gasteiger partial charge in [0, 0.05) is 0 Å². The standard InChI is InChI=1S/C12H8O4/c1-8(11(13)9-4-2-6-15-9)12(14)10-5-3-7-16-10/h2-7H,1H2. The van der Waals surface area contributed by atoms with E-state index < -0.39 is 11.6 Å². The molecule has 0 spiro atoms. The van der Waals surface area contributed by atoms with E-state index in [2.05, 4.69) is 6.58 Å². The van der Waals surface area contributed by atoms with Crippen molar-refractivity contribution in [3.05, 3.63) is 60.5 Å². The van der Waals surface area contributed by atoms with E-state index in [-0.39, 0.29) is 17.1 Å². The number of hydrogen-bond acceptors (Lipinski definition) is 4. The zero-order valence-corrected chi connectivity index (χ0v) is 8.30. The number of furan rings is 2. The summed E-state index contributed by atoms with van der Waals surface area (Å²) in [6.45, 7) is 3.45. The number of hydrogen-bond donors (Lipinski definition) is 0. The SMILES string of the molecule is C=C(C(=O)c1ccco1)C(=O)c1ccco1. The highest BCUT2D eigenvalue weighted by atomic mass is 16.3. The molecule has 2 heterocycles. The molecule has 0 aliphatic rings. The summed E-state index contributed by atoms with van der Waals surface area (Å²) in [7, 11) is 0. The number of allylic oxidation sites excluding steroid dienone is 1. The quantitative estimate of drug-likeness (QED) is 0.341. The Kier molecular flexibility index (Phi) is 2.55. The Morgan fingerprint density at radius 2 is 1.38 bits per heavy atom. The summed E-state index contributed by atoms with van der Waals surface area (Å²) in [5.74, 6) is -0.896. The first kappa shape index (κ1) is 10.2. The summed E-state index contributed by atoms with van der Waals surface area (Å²) in [6.07, 6.45) is 2.72. The van der Waals surface area contributed by atoms with Gasteiger partial charge in [-0.2, -0.15) is 0 Å². The number of ketones is 2. The maximum absolute atomic E-state index is 11.7. The highest BCUT2D eigenvalue weighted by Crippen LogP contribution is 2.13. The summed E-state index contributed by atoms with van der Waals surface area (Å²) in [6, 6.07) is 6.08. The number of carbonyl (C=O) groups excluding carboxylic acids is 2. The number of rotatable bonds is 4. The van der Waals surface area contributed by atoms with Gasteiger partial charge in [-0.1, -0.05) is 6.58 Å². The van der Waals surface area contributed by atoms with Gasteiger partial charge in [0.1, 0.15) is 0 Å². The van der Waals surface area contributed by atoms with Crippen molar-refractivity contribution in [3.8, 4) is 0 Å². The van der Waals surface area contributed by atoms with Crippen LogP contribution in [0.4, 0.5) is 0 Å². The molecule has 2 aromatic rings. The average Bonchev–Trinajstić information content (AvgIpc) is 2.97. The second-order valence-corrected chi connectivity index (χ2v) is 3.09. The zero-order valence-electron chi connectivity index (χ0n) is 8.30. The van der Waals surface area contributed by atoms with Crippen molar-refractivity contribution >= 4 is 11.6 Å². The fourth-order valence-electron chi connectivity index (χ4n) is 1.22. The molecule has 0 aliphatic carbocycles. The van der Waals surface area contributed by atoms with Gasteiger partial charge in [-0.05, 0) is 24.3 Å². The molecule has 16 heavy (non-hydrogen) atoms. The molecule has 0 atom stereocenters. The van der Waals surface area contributed by atoms with Crippen LogP contribution in [0, 0.1) is 0 Å². The van der Waals surface area contributed by atoms with Crippen LogP contribution in [0.25, 0.3) is 0 Å². The van der Waals surface area contributed by atoms with E-state index in [0.29, 0.717) is 0 Å². The van der Waals surface area contributed by atoms with Crippen LogP contribution in [-0.4, -0.2) is 11.6 Å². The predicted molar refractivity (Wildman–Crippen MR) is 55.2 cm³/mol. The van der Waals surface area contributed by atoms with Crippen LogP contribution >= 0.6 is 0 Å². The average molecular weight is 216 g/mol. The Morgan fingerprint density at radius 1 is 0.938 bits per heavy atom. The van der Waals surface area contributed by atoms with Crippen LogP contribution < -0.4 is 0 Å². The molecular formula is C12H8O4. The lowest BCUT2D eigenvalue weighted by Gasteiger charge is -1.98. The third kappa shape index (κ3) is 1.72. The summed E-state index contributed by atoms with van der Waals surface area (Å²) >= 11 is 0. The van der Waals surface area contributed by atoms with Crippen LogP contribution in [0.2, 0.25) is 0 Å². The van der Waals surface area contributed by atoms with E-state index in [4.69, 9.17) is 8.83 Å². The van der Waals surface area contributed by atoms with Gasteiger partial charge in [-0.3, -0.25) is 9.59 Å². The van der Waals surface area contributed by atoms with Gasteiger partial charge >= 0.3 is 0 Å². The van der Waals surface area contributed by atoms with Crippen LogP contribution in [0.15, 0.2) is 57.8 Å². The van der Waals surface area contributed by atoms with Gasteiger partial charge < -0.3 is 8.83 Å². The lowest BCUT2D eigenvalue weighted by molar-refractivity contribution is 0.0935. The molecule has 0 aliphatic heterocycles. The fraction of sp³-hybridized carbons (Fsp3) is 0. The Balaban J connectivity index is 2.21. The topological polar surface area (TPSA) is 60.4 Å². The first-order valence-electron chi connectivity index (χ1n) is 4.55. The molecule has 0 saturated carbocycles. The normalized spacial score (nSPS) is 10.0. The predicted octanol–water partition coefficient (Wildman–Crippen LogP) is 2.49. The molecule has 0 amide bonds. The third-order valence-corrected chi connectivity index (χ3v) is 2.04. The molecule has 0 aromatic carbocycles. The van der Waals surface area contributed by atoms with E-state index in [9.17, 15) is 9.59 Å². The van der Waals surface area contributed by atoms with Crippen molar-refractivity contribution < 1.29 is 18.4 Å². The van der Waals surface area contributed by atoms with Crippen molar-refractivity contribution in [2.24, 2.45) is 0 Å². The highest BCUT2D eigenvalue weighted by Gasteiger charge is 2.22. The minimum atomic E-state index is -0.536. The van der Waals surface area contributed by atoms with Crippen molar-refractivity contribution in [1.29, 1.82) is 0 Å². The van der Waals surface area contributed by atoms with Crippen LogP contribution in [0.3, 0.4) is 0 Å². The molecule has 0 radical (unpaired) electrons. The third-order valence-electron chi connectivity index (χ3n) is 2.04. The molecule has 0 unspecified atom stereocenters. The monoisotopic (exact) mass is 216 g/mol. The first-order valence-corrected chi connectivity index (χ1v) is 4.55. The lowest BCUT2D eigenvalue weighted by Crippen LogP contribution is -2.11. The fourth-order valence-corrected chi connectivity index (χ4v) is 1.22. The molecule has 0 bridgehead atoms. The second-order valence-electron chi connectivity index (χ2n) is 3.09. The minimum Gasteiger partial charge on any atom is -0.461 e. The van der Waals surface area contributed by atoms with Gasteiger partial charge in [0.25, 0.3) is 0 Å². The van der Waals surface area contributed by atoms with Gasteiger partial charge in [-0.15, -0.1) is 0 Å². The van der Waals surface area contributed by atoms with E-state index in [1.165, 1.54) is 24.7 Å². The van der Waals surface area contributed by atoms with Gasteiger partial charge in [-0.25, -0.2) is 0 Å². The van der Waals surface area contributed by atoms with E-state index in [0.717, 1.165) is 0 Å². The molecule has 80 valence electrons. The molecule has 0 saturated heterocycles. The van der Waals surface area contributed by atoms with Crippen LogP contribution in [-0.2, 0) is 0 Å². The summed E-state index contributed by atoms with van der Waals surface area (Å²) in [5.41, 5.74) is -0.176. The second kappa shape index (κ2) is 4.02. The van der Waals surface area contributed by atoms with E-state index in [1.807, 2.05) is 0 Å². The molecule has 0 N–H and O–H groups in total. The van der Waals surface area contributed by atoms with Crippen molar-refractivity contribution in [3.63, 3.8) is 0 Å². The van der Waals surface area contributed by atoms with Crippen molar-refractivity contribution in [1.82, 2.24) is 0 Å². The Bertz CT molecular complexity index is 469. The molecular weight excluding hydrogens is 208 g/mol. The molecule has 2 aromatic heterocycles. The first-order chi connectivity index (χ1) is 7.70. The Labute approximate surface area is 91.2 Å². The Hall–Kier alpha value is -2.36. The Morgan fingerprint density at radius 3 is 1.69 bits per heavy atom. The molecule has 4 nitrogen and oxygen atoms in total. The molecule has 0 fully saturated rings. The van der Waals surface area contributed by atoms with Gasteiger partial charge in [0.05, 0.1) is 18.1 Å². The summed E-state index contributed by atoms with van der Waals surface area (Å²) in [5, 5.41) is 0. The summed E-state index contributed by atoms with van der Waals surface area (Å²) in [4.78, 5) is 23.4. The van der Waals surface area contributed by atoms with E-state index >= 15 is 0 Å². The zero-order chi connectivity index (χ0) is 11.5. The number of Topliss-reactive ketones (excluding diaryl/α,β-unsaturated/α-hetero) is 2. The molecule has 4 heteroatoms. The van der Waals surface area contributed by atoms with Crippen molar-refractivity contribution in [2.45, 2.75) is 0 Å². The van der Waals surface area contributed by atoms with Crippen LogP contribution in [0.5, 0.6) is 0 Å². The van der Waals surface area contributed by atoms with Crippen LogP contribution in [0.1, 0.15) is 21.1 Å². The lowest BCUT2D eigenvalue weighted by atomic mass is 10.1. The molecule has 2 rings (SSSR count). The highest BCUT2D eigenvalue weighted by molar-refractivity contribution is 6.29. The minimum absolute atomic E-state index is 0.0879. The van der Waals surface area contributed by atoms with Gasteiger partial charge in [0.15, 0.2) is 11.5 Å². The maximum atomic E-state index is 11.7. The van der Waals surface area contributed by atoms with E-state index in [1.54, 1.807) is 12.1 Å². The smallest absolute Gasteiger partial charge is 0.231 e. The summed E-state index contributed by atoms with van der Waals surface area (Å²) < 4.78 is 9.78. The number of carbonyl (C=O) groups is 2.